The monoisotopic (exact) mass is 434 g/mol. The smallest absolute Gasteiger partial charge is 0.268 e. The van der Waals surface area contributed by atoms with Crippen molar-refractivity contribution >= 4 is 29.5 Å². The molecule has 0 aromatic heterocycles. The van der Waals surface area contributed by atoms with Crippen molar-refractivity contribution in [2.24, 2.45) is 0 Å². The van der Waals surface area contributed by atoms with Crippen molar-refractivity contribution in [2.75, 3.05) is 6.61 Å². The van der Waals surface area contributed by atoms with Crippen LogP contribution in [-0.2, 0) is 11.3 Å². The molecule has 0 atom stereocenters. The molecule has 0 aliphatic rings. The highest BCUT2D eigenvalue weighted by atomic mass is 35.5. The molecule has 0 unspecified atom stereocenters. The number of carbonyl (C=O) groups is 2. The van der Waals surface area contributed by atoms with Crippen LogP contribution in [0.1, 0.15) is 28.4 Å². The van der Waals surface area contributed by atoms with E-state index in [1.54, 1.807) is 36.4 Å². The van der Waals surface area contributed by atoms with E-state index in [1.807, 2.05) is 55.5 Å². The minimum atomic E-state index is -0.435. The lowest BCUT2D eigenvalue weighted by molar-refractivity contribution is -0.117. The average molecular weight is 435 g/mol. The van der Waals surface area contributed by atoms with E-state index in [0.717, 1.165) is 5.56 Å². The molecule has 0 fully saturated rings. The number of benzene rings is 3. The molecule has 0 bridgehead atoms. The van der Waals surface area contributed by atoms with Gasteiger partial charge >= 0.3 is 0 Å². The van der Waals surface area contributed by atoms with Crippen molar-refractivity contribution < 1.29 is 14.3 Å². The molecule has 31 heavy (non-hydrogen) atoms. The van der Waals surface area contributed by atoms with Gasteiger partial charge in [-0.15, -0.1) is 0 Å². The maximum absolute atomic E-state index is 13.0. The second-order valence-corrected chi connectivity index (χ2v) is 7.03. The van der Waals surface area contributed by atoms with Crippen molar-refractivity contribution in [3.05, 3.63) is 106 Å². The number of nitrogens with one attached hydrogen (secondary N) is 2. The van der Waals surface area contributed by atoms with Crippen molar-refractivity contribution in [3.8, 4) is 5.75 Å². The maximum atomic E-state index is 13.0. The number of ether oxygens (including phenoxy) is 1. The third kappa shape index (κ3) is 6.20. The fraction of sp³-hybridized carbons (Fsp3) is 0.120. The third-order valence-corrected chi connectivity index (χ3v) is 4.81. The minimum Gasteiger partial charge on any atom is -0.493 e. The molecule has 0 radical (unpaired) electrons. The molecule has 2 N–H and O–H groups in total. The van der Waals surface area contributed by atoms with Crippen LogP contribution in [0.15, 0.2) is 84.6 Å². The molecule has 3 aromatic carbocycles. The normalized spacial score (nSPS) is 11.0. The molecule has 0 saturated carbocycles. The molecule has 3 aromatic rings. The van der Waals surface area contributed by atoms with Gasteiger partial charge in [0.1, 0.15) is 11.4 Å². The summed E-state index contributed by atoms with van der Waals surface area (Å²) in [6.45, 7) is 2.59. The topological polar surface area (TPSA) is 67.4 Å². The summed E-state index contributed by atoms with van der Waals surface area (Å²) in [6.07, 6.45) is 1.60. The Balaban J connectivity index is 1.87. The number of carbonyl (C=O) groups excluding carboxylic acids is 2. The summed E-state index contributed by atoms with van der Waals surface area (Å²) in [7, 11) is 0. The highest BCUT2D eigenvalue weighted by molar-refractivity contribution is 6.31. The Bertz CT molecular complexity index is 1080. The van der Waals surface area contributed by atoms with Gasteiger partial charge in [-0.2, -0.15) is 0 Å². The summed E-state index contributed by atoms with van der Waals surface area (Å²) in [4.78, 5) is 25.7. The Morgan fingerprint density at radius 3 is 2.35 bits per heavy atom. The second-order valence-electron chi connectivity index (χ2n) is 6.62. The first-order valence-corrected chi connectivity index (χ1v) is 10.3. The van der Waals surface area contributed by atoms with Crippen molar-refractivity contribution in [1.29, 1.82) is 0 Å². The van der Waals surface area contributed by atoms with Gasteiger partial charge in [0.2, 0.25) is 0 Å². The zero-order valence-corrected chi connectivity index (χ0v) is 17.9. The molecule has 5 nitrogen and oxygen atoms in total. The van der Waals surface area contributed by atoms with E-state index >= 15 is 0 Å². The van der Waals surface area contributed by atoms with Crippen molar-refractivity contribution in [2.45, 2.75) is 13.5 Å². The van der Waals surface area contributed by atoms with Gasteiger partial charge in [-0.25, -0.2) is 0 Å². The van der Waals surface area contributed by atoms with E-state index in [0.29, 0.717) is 28.5 Å². The average Bonchev–Trinajstić information content (AvgIpc) is 2.80. The summed E-state index contributed by atoms with van der Waals surface area (Å²) >= 11 is 6.18. The van der Waals surface area contributed by atoms with E-state index in [2.05, 4.69) is 10.6 Å². The number of hydrogen-bond donors (Lipinski definition) is 2. The summed E-state index contributed by atoms with van der Waals surface area (Å²) in [5.74, 6) is -0.195. The molecule has 3 rings (SSSR count). The van der Waals surface area contributed by atoms with Gasteiger partial charge in [-0.3, -0.25) is 9.59 Å². The van der Waals surface area contributed by atoms with Gasteiger partial charge in [-0.1, -0.05) is 66.2 Å². The molecular formula is C25H23ClN2O3. The SMILES string of the molecule is CCOc1ccccc1/C=C(\NC(=O)c1ccccc1)C(=O)NCc1ccccc1Cl. The fourth-order valence-corrected chi connectivity index (χ4v) is 3.10. The van der Waals surface area contributed by atoms with Gasteiger partial charge in [0.15, 0.2) is 0 Å². The van der Waals surface area contributed by atoms with Gasteiger partial charge < -0.3 is 15.4 Å². The van der Waals surface area contributed by atoms with Crippen LogP contribution in [0, 0.1) is 0 Å². The first-order chi connectivity index (χ1) is 15.1. The lowest BCUT2D eigenvalue weighted by Crippen LogP contribution is -2.34. The third-order valence-electron chi connectivity index (χ3n) is 4.44. The second kappa shape index (κ2) is 11.0. The molecule has 0 saturated heterocycles. The highest BCUT2D eigenvalue weighted by Crippen LogP contribution is 2.21. The molecule has 0 heterocycles. The first-order valence-electron chi connectivity index (χ1n) is 9.90. The minimum absolute atomic E-state index is 0.105. The number of rotatable bonds is 8. The predicted molar refractivity (Wildman–Crippen MR) is 123 cm³/mol. The summed E-state index contributed by atoms with van der Waals surface area (Å²) < 4.78 is 5.65. The van der Waals surface area contributed by atoms with E-state index in [4.69, 9.17) is 16.3 Å². The Labute approximate surface area is 186 Å². The number of para-hydroxylation sites is 1. The van der Waals surface area contributed by atoms with Crippen LogP contribution in [0.2, 0.25) is 5.02 Å². The molecule has 158 valence electrons. The van der Waals surface area contributed by atoms with E-state index < -0.39 is 5.91 Å². The highest BCUT2D eigenvalue weighted by Gasteiger charge is 2.16. The molecule has 0 aliphatic carbocycles. The van der Waals surface area contributed by atoms with Gasteiger partial charge in [0.05, 0.1) is 6.61 Å². The fourth-order valence-electron chi connectivity index (χ4n) is 2.90. The van der Waals surface area contributed by atoms with Gasteiger partial charge in [-0.05, 0) is 42.8 Å². The first kappa shape index (κ1) is 22.1. The maximum Gasteiger partial charge on any atom is 0.268 e. The Hall–Kier alpha value is -3.57. The quantitative estimate of drug-likeness (QED) is 0.499. The van der Waals surface area contributed by atoms with E-state index in [1.165, 1.54) is 0 Å². The van der Waals surface area contributed by atoms with Gasteiger partial charge in [0, 0.05) is 22.7 Å². The van der Waals surface area contributed by atoms with Crippen LogP contribution in [0.4, 0.5) is 0 Å². The molecule has 6 heteroatoms. The van der Waals surface area contributed by atoms with Crippen LogP contribution in [0.3, 0.4) is 0 Å². The van der Waals surface area contributed by atoms with Crippen LogP contribution >= 0.6 is 11.6 Å². The molecule has 0 spiro atoms. The Kier molecular flexibility index (Phi) is 7.85. The Morgan fingerprint density at radius 1 is 0.935 bits per heavy atom. The lowest BCUT2D eigenvalue weighted by atomic mass is 10.1. The van der Waals surface area contributed by atoms with Crippen LogP contribution in [0.25, 0.3) is 6.08 Å². The lowest BCUT2D eigenvalue weighted by Gasteiger charge is -2.13. The van der Waals surface area contributed by atoms with Crippen molar-refractivity contribution in [3.63, 3.8) is 0 Å². The summed E-state index contributed by atoms with van der Waals surface area (Å²) in [6, 6.07) is 23.3. The van der Waals surface area contributed by atoms with Gasteiger partial charge in [0.25, 0.3) is 11.8 Å². The largest absolute Gasteiger partial charge is 0.493 e. The summed E-state index contributed by atoms with van der Waals surface area (Å²) in [5, 5.41) is 6.10. The summed E-state index contributed by atoms with van der Waals surface area (Å²) in [5.41, 5.74) is 2.01. The van der Waals surface area contributed by atoms with E-state index in [-0.39, 0.29) is 18.1 Å². The van der Waals surface area contributed by atoms with Crippen LogP contribution < -0.4 is 15.4 Å². The molecule has 0 aliphatic heterocycles. The predicted octanol–water partition coefficient (Wildman–Crippen LogP) is 4.83. The van der Waals surface area contributed by atoms with Crippen LogP contribution in [0.5, 0.6) is 5.75 Å². The Morgan fingerprint density at radius 2 is 1.61 bits per heavy atom. The zero-order chi connectivity index (χ0) is 22.1. The molecule has 2 amide bonds. The molecular weight excluding hydrogens is 412 g/mol. The number of amides is 2. The van der Waals surface area contributed by atoms with E-state index in [9.17, 15) is 9.59 Å². The van der Waals surface area contributed by atoms with Crippen molar-refractivity contribution in [1.82, 2.24) is 10.6 Å². The standard InChI is InChI=1S/C25H23ClN2O3/c1-2-31-23-15-9-7-12-19(23)16-22(28-24(29)18-10-4-3-5-11-18)25(30)27-17-20-13-6-8-14-21(20)26/h3-16H,2,17H2,1H3,(H,27,30)(H,28,29)/b22-16-. The zero-order valence-electron chi connectivity index (χ0n) is 17.1. The van der Waals surface area contributed by atoms with Crippen LogP contribution in [-0.4, -0.2) is 18.4 Å². The number of hydrogen-bond acceptors (Lipinski definition) is 3. The number of halogens is 1.